The van der Waals surface area contributed by atoms with Crippen molar-refractivity contribution in [2.75, 3.05) is 0 Å². The molecule has 86 valence electrons. The minimum Gasteiger partial charge on any atom is -0.366 e. The van der Waals surface area contributed by atoms with Crippen molar-refractivity contribution in [3.05, 3.63) is 0 Å². The summed E-state index contributed by atoms with van der Waals surface area (Å²) in [5.74, 6) is 0. The van der Waals surface area contributed by atoms with E-state index in [9.17, 15) is 14.2 Å². The van der Waals surface area contributed by atoms with Gasteiger partial charge in [-0.2, -0.15) is 0 Å². The average molecular weight is 249 g/mol. The van der Waals surface area contributed by atoms with Gasteiger partial charge in [0.05, 0.1) is 6.04 Å². The highest BCUT2D eigenvalue weighted by Crippen LogP contribution is 2.68. The largest absolute Gasteiger partial charge is 0.371 e. The highest BCUT2D eigenvalue weighted by Gasteiger charge is 2.62. The van der Waals surface area contributed by atoms with E-state index in [2.05, 4.69) is 0 Å². The van der Waals surface area contributed by atoms with Crippen LogP contribution in [0.1, 0.15) is 13.3 Å². The molecule has 0 saturated heterocycles. The van der Waals surface area contributed by atoms with Crippen molar-refractivity contribution in [3.8, 4) is 0 Å². The molecule has 0 aromatic rings. The second kappa shape index (κ2) is 4.00. The second-order valence-corrected chi connectivity index (χ2v) is 6.68. The molecule has 0 bridgehead atoms. The van der Waals surface area contributed by atoms with Crippen LogP contribution < -0.4 is 5.73 Å². The van der Waals surface area contributed by atoms with E-state index in [0.29, 0.717) is 0 Å². The van der Waals surface area contributed by atoms with Crippen LogP contribution in [0.15, 0.2) is 0 Å². The summed E-state index contributed by atoms with van der Waals surface area (Å²) in [6.07, 6.45) is -0.188. The molecular formula is C4H13NO7P2. The van der Waals surface area contributed by atoms with E-state index in [1.54, 1.807) is 0 Å². The normalized spacial score (nSPS) is 16.8. The zero-order valence-corrected chi connectivity index (χ0v) is 9.10. The maximum Gasteiger partial charge on any atom is 0.371 e. The van der Waals surface area contributed by atoms with Gasteiger partial charge in [-0.05, 0) is 6.42 Å². The minimum atomic E-state index is -5.41. The van der Waals surface area contributed by atoms with Crippen molar-refractivity contribution < 1.29 is 33.8 Å². The summed E-state index contributed by atoms with van der Waals surface area (Å²) in [7, 11) is -10.8. The molecule has 0 saturated carbocycles. The Balaban J connectivity index is 5.53. The molecule has 10 heteroatoms. The van der Waals surface area contributed by atoms with Crippen LogP contribution in [0.5, 0.6) is 0 Å². The van der Waals surface area contributed by atoms with Crippen molar-refractivity contribution in [1.82, 2.24) is 0 Å². The monoisotopic (exact) mass is 249 g/mol. The second-order valence-electron chi connectivity index (χ2n) is 2.79. The molecule has 0 amide bonds. The predicted molar refractivity (Wildman–Crippen MR) is 47.3 cm³/mol. The van der Waals surface area contributed by atoms with E-state index in [0.717, 1.165) is 0 Å². The van der Waals surface area contributed by atoms with Gasteiger partial charge < -0.3 is 30.4 Å². The Labute approximate surface area is 80.1 Å². The molecule has 0 rings (SSSR count). The summed E-state index contributed by atoms with van der Waals surface area (Å²) in [6.45, 7) is 1.33. The van der Waals surface area contributed by atoms with Crippen LogP contribution in [0.2, 0.25) is 0 Å². The van der Waals surface area contributed by atoms with E-state index >= 15 is 0 Å². The Morgan fingerprint density at radius 2 is 1.50 bits per heavy atom. The van der Waals surface area contributed by atoms with Gasteiger partial charge in [0.15, 0.2) is 0 Å². The van der Waals surface area contributed by atoms with Gasteiger partial charge in [0, 0.05) is 0 Å². The Morgan fingerprint density at radius 3 is 1.57 bits per heavy atom. The topological polar surface area (TPSA) is 161 Å². The first-order valence-corrected chi connectivity index (χ1v) is 6.80. The smallest absolute Gasteiger partial charge is 0.366 e. The fourth-order valence-electron chi connectivity index (χ4n) is 0.876. The Bertz CT molecular complexity index is 270. The molecule has 0 aliphatic carbocycles. The minimum absolute atomic E-state index is 0.188. The third-order valence-electron chi connectivity index (χ3n) is 1.79. The van der Waals surface area contributed by atoms with Gasteiger partial charge in [-0.3, -0.25) is 9.13 Å². The van der Waals surface area contributed by atoms with Crippen LogP contribution in [0.3, 0.4) is 0 Å². The predicted octanol–water partition coefficient (Wildman–Crippen LogP) is -1.27. The van der Waals surface area contributed by atoms with Crippen molar-refractivity contribution in [2.45, 2.75) is 24.5 Å². The molecule has 14 heavy (non-hydrogen) atoms. The molecule has 0 aliphatic rings. The lowest BCUT2D eigenvalue weighted by Crippen LogP contribution is -2.47. The van der Waals surface area contributed by atoms with E-state index in [1.807, 2.05) is 0 Å². The fraction of sp³-hybridized carbons (Fsp3) is 1.00. The van der Waals surface area contributed by atoms with E-state index in [-0.39, 0.29) is 6.42 Å². The molecule has 7 N–H and O–H groups in total. The molecule has 0 spiro atoms. The Hall–Kier alpha value is 0.220. The van der Waals surface area contributed by atoms with Crippen LogP contribution >= 0.6 is 15.2 Å². The molecule has 1 atom stereocenters. The van der Waals surface area contributed by atoms with E-state index in [4.69, 9.17) is 25.3 Å². The maximum absolute atomic E-state index is 10.8. The maximum atomic E-state index is 10.8. The first kappa shape index (κ1) is 14.2. The Kier molecular flexibility index (Phi) is 4.06. The quantitative estimate of drug-likeness (QED) is 0.336. The summed E-state index contributed by atoms with van der Waals surface area (Å²) < 4.78 is 21.5. The lowest BCUT2D eigenvalue weighted by Gasteiger charge is -2.33. The molecule has 0 fully saturated rings. The lowest BCUT2D eigenvalue weighted by atomic mass is 10.2. The number of nitrogens with two attached hydrogens (primary N) is 1. The number of hydrogen-bond acceptors (Lipinski definition) is 4. The van der Waals surface area contributed by atoms with Crippen molar-refractivity contribution in [3.63, 3.8) is 0 Å². The van der Waals surface area contributed by atoms with Gasteiger partial charge in [0.25, 0.3) is 5.08 Å². The van der Waals surface area contributed by atoms with Gasteiger partial charge in [0.2, 0.25) is 0 Å². The van der Waals surface area contributed by atoms with Crippen molar-refractivity contribution in [1.29, 1.82) is 0 Å². The van der Waals surface area contributed by atoms with Gasteiger partial charge in [-0.15, -0.1) is 0 Å². The fourth-order valence-corrected chi connectivity index (χ4v) is 3.46. The number of aliphatic hydroxyl groups is 1. The molecule has 0 heterocycles. The Morgan fingerprint density at radius 1 is 1.21 bits per heavy atom. The standard InChI is InChI=1S/C4H13NO7P2/c1-2-3(5)4(6,13(7,8)9)14(10,11)12/h3,6H,2,5H2,1H3,(H2,7,8,9)(H2,10,11,12)/t3-/m0/s1. The van der Waals surface area contributed by atoms with Crippen molar-refractivity contribution >= 4 is 15.2 Å². The third-order valence-corrected chi connectivity index (χ3v) is 5.74. The van der Waals surface area contributed by atoms with E-state index < -0.39 is 26.3 Å². The number of hydrogen-bond donors (Lipinski definition) is 6. The van der Waals surface area contributed by atoms with Crippen LogP contribution in [0.4, 0.5) is 0 Å². The van der Waals surface area contributed by atoms with Gasteiger partial charge in [-0.25, -0.2) is 0 Å². The average Bonchev–Trinajstić information content (AvgIpc) is 1.97. The zero-order valence-electron chi connectivity index (χ0n) is 7.31. The SMILES string of the molecule is CC[C@H](N)C(O)(P(=O)(O)O)P(=O)(O)O. The molecule has 0 aromatic heterocycles. The van der Waals surface area contributed by atoms with Crippen LogP contribution in [0, 0.1) is 0 Å². The van der Waals surface area contributed by atoms with Gasteiger partial charge in [-0.1, -0.05) is 6.92 Å². The molecule has 0 aromatic carbocycles. The zero-order chi connectivity index (χ0) is 11.8. The third kappa shape index (κ3) is 2.24. The molecule has 0 radical (unpaired) electrons. The van der Waals surface area contributed by atoms with Crippen LogP contribution in [-0.4, -0.2) is 35.8 Å². The summed E-state index contributed by atoms with van der Waals surface area (Å²) in [5.41, 5.74) is 5.09. The van der Waals surface area contributed by atoms with Crippen molar-refractivity contribution in [2.24, 2.45) is 5.73 Å². The molecular weight excluding hydrogens is 236 g/mol. The van der Waals surface area contributed by atoms with Crippen LogP contribution in [-0.2, 0) is 9.13 Å². The summed E-state index contributed by atoms with van der Waals surface area (Å²) in [5, 5.41) is 5.80. The highest BCUT2D eigenvalue weighted by molar-refractivity contribution is 7.72. The molecule has 0 unspecified atom stereocenters. The lowest BCUT2D eigenvalue weighted by molar-refractivity contribution is 0.106. The first-order valence-electron chi connectivity index (χ1n) is 3.57. The number of rotatable bonds is 4. The molecule has 8 nitrogen and oxygen atoms in total. The van der Waals surface area contributed by atoms with Gasteiger partial charge >= 0.3 is 15.2 Å². The van der Waals surface area contributed by atoms with E-state index in [1.165, 1.54) is 6.92 Å². The summed E-state index contributed by atoms with van der Waals surface area (Å²) in [4.78, 5) is 34.7. The first-order chi connectivity index (χ1) is 5.98. The van der Waals surface area contributed by atoms with Gasteiger partial charge in [0.1, 0.15) is 0 Å². The van der Waals surface area contributed by atoms with Crippen LogP contribution in [0.25, 0.3) is 0 Å². The summed E-state index contributed by atoms with van der Waals surface area (Å²) >= 11 is 0. The summed E-state index contributed by atoms with van der Waals surface area (Å²) in [6, 6.07) is -1.70. The molecule has 0 aliphatic heterocycles. The highest BCUT2D eigenvalue weighted by atomic mass is 31.2.